The van der Waals surface area contributed by atoms with E-state index in [-0.39, 0.29) is 11.8 Å². The summed E-state index contributed by atoms with van der Waals surface area (Å²) in [7, 11) is 0. The second kappa shape index (κ2) is 5.04. The van der Waals surface area contributed by atoms with Crippen molar-refractivity contribution >= 4 is 22.5 Å². The molecule has 4 nitrogen and oxygen atoms in total. The number of H-pyrrole nitrogens is 1. The van der Waals surface area contributed by atoms with E-state index in [1.165, 1.54) is 0 Å². The molecule has 0 bridgehead atoms. The molecule has 1 aromatic heterocycles. The Hall–Kier alpha value is -2.10. The number of amides is 1. The molecule has 94 valence electrons. The number of nitrogens with zero attached hydrogens (tertiary/aromatic N) is 1. The van der Waals surface area contributed by atoms with Crippen molar-refractivity contribution in [3.05, 3.63) is 36.0 Å². The minimum atomic E-state index is -0.0722. The summed E-state index contributed by atoms with van der Waals surface area (Å²) in [6.07, 6.45) is 1.90. The Kier molecular flexibility index (Phi) is 3.46. The molecular weight excluding hydrogens is 226 g/mol. The molecule has 1 amide bonds. The maximum atomic E-state index is 11.4. The summed E-state index contributed by atoms with van der Waals surface area (Å²) >= 11 is 0. The Labute approximate surface area is 106 Å². The van der Waals surface area contributed by atoms with Crippen LogP contribution >= 0.6 is 0 Å². The number of benzene rings is 1. The zero-order valence-electron chi connectivity index (χ0n) is 10.8. The van der Waals surface area contributed by atoms with Crippen LogP contribution < -0.4 is 5.43 Å². The number of rotatable bonds is 3. The fourth-order valence-corrected chi connectivity index (χ4v) is 1.61. The molecule has 0 fully saturated rings. The van der Waals surface area contributed by atoms with Gasteiger partial charge >= 0.3 is 0 Å². The summed E-state index contributed by atoms with van der Waals surface area (Å²) in [5.41, 5.74) is 5.46. The third-order valence-electron chi connectivity index (χ3n) is 2.83. The zero-order chi connectivity index (χ0) is 13.1. The lowest BCUT2D eigenvalue weighted by molar-refractivity contribution is -0.123. The van der Waals surface area contributed by atoms with Crippen LogP contribution in [0.1, 0.15) is 26.3 Å². The average Bonchev–Trinajstić information content (AvgIpc) is 2.82. The molecule has 1 aromatic carbocycles. The molecule has 2 rings (SSSR count). The van der Waals surface area contributed by atoms with E-state index in [0.717, 1.165) is 22.2 Å². The molecule has 0 radical (unpaired) electrons. The lowest BCUT2D eigenvalue weighted by atomic mass is 10.1. The van der Waals surface area contributed by atoms with Crippen LogP contribution in [-0.4, -0.2) is 16.6 Å². The predicted octanol–water partition coefficient (Wildman–Crippen LogP) is 2.66. The van der Waals surface area contributed by atoms with E-state index in [0.29, 0.717) is 0 Å². The van der Waals surface area contributed by atoms with Gasteiger partial charge < -0.3 is 4.98 Å². The highest BCUT2D eigenvalue weighted by Crippen LogP contribution is 2.14. The Balaban J connectivity index is 2.19. The van der Waals surface area contributed by atoms with E-state index >= 15 is 0 Å². The van der Waals surface area contributed by atoms with Gasteiger partial charge in [-0.05, 0) is 30.7 Å². The number of fused-ring (bicyclic) bond motifs is 1. The first-order valence-corrected chi connectivity index (χ1v) is 5.99. The summed E-state index contributed by atoms with van der Waals surface area (Å²) in [5.74, 6) is -0.134. The fraction of sp³-hybridized carbons (Fsp3) is 0.286. The van der Waals surface area contributed by atoms with Crippen molar-refractivity contribution in [2.45, 2.75) is 20.8 Å². The molecule has 0 spiro atoms. The lowest BCUT2D eigenvalue weighted by Crippen LogP contribution is -2.24. The number of hydrogen-bond acceptors (Lipinski definition) is 2. The van der Waals surface area contributed by atoms with Crippen LogP contribution in [-0.2, 0) is 4.79 Å². The van der Waals surface area contributed by atoms with Crippen LogP contribution in [0.3, 0.4) is 0 Å². The standard InChI is InChI=1S/C14H17N3O/c1-9(2)14(18)17-16-10(3)11-4-5-13-12(8-11)6-7-15-13/h4-9,15H,1-3H3,(H,17,18)/b16-10+. The van der Waals surface area contributed by atoms with E-state index in [1.54, 1.807) is 0 Å². The van der Waals surface area contributed by atoms with Gasteiger partial charge in [-0.25, -0.2) is 5.43 Å². The van der Waals surface area contributed by atoms with Gasteiger partial charge in [-0.2, -0.15) is 5.10 Å². The average molecular weight is 243 g/mol. The van der Waals surface area contributed by atoms with Crippen molar-refractivity contribution < 1.29 is 4.79 Å². The molecule has 1 heterocycles. The van der Waals surface area contributed by atoms with Gasteiger partial charge in [-0.15, -0.1) is 0 Å². The number of aromatic amines is 1. The minimum Gasteiger partial charge on any atom is -0.361 e. The Morgan fingerprint density at radius 2 is 2.11 bits per heavy atom. The van der Waals surface area contributed by atoms with Crippen molar-refractivity contribution in [1.29, 1.82) is 0 Å². The van der Waals surface area contributed by atoms with Gasteiger partial charge in [0.05, 0.1) is 5.71 Å². The van der Waals surface area contributed by atoms with Gasteiger partial charge in [0.15, 0.2) is 0 Å². The molecule has 0 atom stereocenters. The van der Waals surface area contributed by atoms with Gasteiger partial charge in [0.1, 0.15) is 0 Å². The normalized spacial score (nSPS) is 12.1. The van der Waals surface area contributed by atoms with E-state index < -0.39 is 0 Å². The van der Waals surface area contributed by atoms with Crippen molar-refractivity contribution in [2.75, 3.05) is 0 Å². The maximum Gasteiger partial charge on any atom is 0.242 e. The summed E-state index contributed by atoms with van der Waals surface area (Å²) in [6.45, 7) is 5.56. The minimum absolute atomic E-state index is 0.0614. The molecule has 0 aliphatic carbocycles. The number of carbonyl (C=O) groups is 1. The van der Waals surface area contributed by atoms with Gasteiger partial charge in [-0.3, -0.25) is 4.79 Å². The summed E-state index contributed by atoms with van der Waals surface area (Å²) < 4.78 is 0. The van der Waals surface area contributed by atoms with E-state index in [1.807, 2.05) is 51.2 Å². The largest absolute Gasteiger partial charge is 0.361 e. The Bertz CT molecular complexity index is 596. The van der Waals surface area contributed by atoms with E-state index in [2.05, 4.69) is 15.5 Å². The lowest BCUT2D eigenvalue weighted by Gasteiger charge is -2.05. The third-order valence-corrected chi connectivity index (χ3v) is 2.83. The van der Waals surface area contributed by atoms with Crippen molar-refractivity contribution in [3.8, 4) is 0 Å². The topological polar surface area (TPSA) is 57.2 Å². The molecule has 4 heteroatoms. The highest BCUT2D eigenvalue weighted by Gasteiger charge is 2.06. The maximum absolute atomic E-state index is 11.4. The van der Waals surface area contributed by atoms with Crippen LogP contribution in [0.15, 0.2) is 35.6 Å². The van der Waals surface area contributed by atoms with Crippen LogP contribution in [0.4, 0.5) is 0 Å². The highest BCUT2D eigenvalue weighted by atomic mass is 16.2. The smallest absolute Gasteiger partial charge is 0.242 e. The van der Waals surface area contributed by atoms with Crippen molar-refractivity contribution in [1.82, 2.24) is 10.4 Å². The van der Waals surface area contributed by atoms with Crippen molar-refractivity contribution in [3.63, 3.8) is 0 Å². The predicted molar refractivity (Wildman–Crippen MR) is 73.5 cm³/mol. The molecule has 0 aliphatic rings. The number of hydrogen-bond donors (Lipinski definition) is 2. The first-order chi connectivity index (χ1) is 8.58. The monoisotopic (exact) mass is 243 g/mol. The number of hydrazone groups is 1. The van der Waals surface area contributed by atoms with Gasteiger partial charge in [0, 0.05) is 23.0 Å². The summed E-state index contributed by atoms with van der Waals surface area (Å²) in [4.78, 5) is 14.6. The molecule has 2 aromatic rings. The highest BCUT2D eigenvalue weighted by molar-refractivity contribution is 6.02. The van der Waals surface area contributed by atoms with Crippen LogP contribution in [0, 0.1) is 5.92 Å². The molecule has 2 N–H and O–H groups in total. The second-order valence-corrected chi connectivity index (χ2v) is 4.61. The molecule has 0 saturated heterocycles. The SMILES string of the molecule is C/C(=N\NC(=O)C(C)C)c1ccc2[nH]ccc2c1. The second-order valence-electron chi connectivity index (χ2n) is 4.61. The molecule has 0 aliphatic heterocycles. The molecule has 0 saturated carbocycles. The van der Waals surface area contributed by atoms with E-state index in [9.17, 15) is 4.79 Å². The van der Waals surface area contributed by atoms with Gasteiger partial charge in [0.25, 0.3) is 0 Å². The fourth-order valence-electron chi connectivity index (χ4n) is 1.61. The molecular formula is C14H17N3O. The zero-order valence-corrected chi connectivity index (χ0v) is 10.8. The number of carbonyl (C=O) groups excluding carboxylic acids is 1. The first-order valence-electron chi connectivity index (χ1n) is 5.99. The van der Waals surface area contributed by atoms with Crippen LogP contribution in [0.5, 0.6) is 0 Å². The van der Waals surface area contributed by atoms with Crippen molar-refractivity contribution in [2.24, 2.45) is 11.0 Å². The quantitative estimate of drug-likeness (QED) is 0.632. The van der Waals surface area contributed by atoms with Crippen LogP contribution in [0.2, 0.25) is 0 Å². The number of aromatic nitrogens is 1. The van der Waals surface area contributed by atoms with Crippen LogP contribution in [0.25, 0.3) is 10.9 Å². The first kappa shape index (κ1) is 12.4. The molecule has 18 heavy (non-hydrogen) atoms. The Morgan fingerprint density at radius 1 is 1.33 bits per heavy atom. The van der Waals surface area contributed by atoms with E-state index in [4.69, 9.17) is 0 Å². The Morgan fingerprint density at radius 3 is 2.83 bits per heavy atom. The number of nitrogens with one attached hydrogen (secondary N) is 2. The van der Waals surface area contributed by atoms with Gasteiger partial charge in [0.2, 0.25) is 5.91 Å². The molecule has 0 unspecified atom stereocenters. The summed E-state index contributed by atoms with van der Waals surface area (Å²) in [6, 6.07) is 8.05. The summed E-state index contributed by atoms with van der Waals surface area (Å²) in [5, 5.41) is 5.25. The van der Waals surface area contributed by atoms with Gasteiger partial charge in [-0.1, -0.05) is 19.9 Å². The third kappa shape index (κ3) is 2.59.